The standard InChI is InChI=1S/C10H19N3O4/c1-6(2)4-7(9(15)16)12-10(17)13(3)5-8(11)14/h6-7H,4-5H2,1-3H3,(H2,11,14)(H,12,17)(H,15,16). The number of carbonyl (C=O) groups excluding carboxylic acids is 2. The van der Waals surface area contributed by atoms with E-state index in [9.17, 15) is 14.4 Å². The Morgan fingerprint density at radius 1 is 1.35 bits per heavy atom. The van der Waals surface area contributed by atoms with E-state index in [-0.39, 0.29) is 12.5 Å². The topological polar surface area (TPSA) is 113 Å². The molecule has 0 radical (unpaired) electrons. The molecular formula is C10H19N3O4. The molecule has 0 spiro atoms. The summed E-state index contributed by atoms with van der Waals surface area (Å²) in [6.45, 7) is 3.46. The predicted molar refractivity (Wildman–Crippen MR) is 61.2 cm³/mol. The zero-order valence-corrected chi connectivity index (χ0v) is 10.3. The Morgan fingerprint density at radius 3 is 2.24 bits per heavy atom. The number of aliphatic carboxylic acids is 1. The number of urea groups is 1. The Kier molecular flexibility index (Phi) is 6.01. The number of hydrogen-bond donors (Lipinski definition) is 3. The molecule has 0 aromatic heterocycles. The largest absolute Gasteiger partial charge is 0.480 e. The van der Waals surface area contributed by atoms with Gasteiger partial charge in [-0.1, -0.05) is 13.8 Å². The molecule has 0 aromatic carbocycles. The molecule has 0 heterocycles. The highest BCUT2D eigenvalue weighted by atomic mass is 16.4. The van der Waals surface area contributed by atoms with E-state index in [1.165, 1.54) is 7.05 Å². The summed E-state index contributed by atoms with van der Waals surface area (Å²) in [4.78, 5) is 34.0. The fourth-order valence-corrected chi connectivity index (χ4v) is 1.26. The summed E-state index contributed by atoms with van der Waals surface area (Å²) in [5.41, 5.74) is 4.93. The molecule has 0 aliphatic carbocycles. The van der Waals surface area contributed by atoms with Crippen LogP contribution in [0.4, 0.5) is 4.79 Å². The zero-order valence-electron chi connectivity index (χ0n) is 10.3. The van der Waals surface area contributed by atoms with Crippen molar-refractivity contribution >= 4 is 17.9 Å². The number of primary amides is 1. The quantitative estimate of drug-likeness (QED) is 0.591. The lowest BCUT2D eigenvalue weighted by Gasteiger charge is -2.21. The molecule has 0 aliphatic rings. The number of carboxylic acid groups (broad SMARTS) is 1. The fraction of sp³-hybridized carbons (Fsp3) is 0.700. The molecule has 0 aromatic rings. The first kappa shape index (κ1) is 15.2. The second-order valence-electron chi connectivity index (χ2n) is 4.29. The number of carbonyl (C=O) groups is 3. The summed E-state index contributed by atoms with van der Waals surface area (Å²) < 4.78 is 0. The number of nitrogens with zero attached hydrogens (tertiary/aromatic N) is 1. The molecule has 0 aliphatic heterocycles. The highest BCUT2D eigenvalue weighted by Crippen LogP contribution is 2.05. The second-order valence-corrected chi connectivity index (χ2v) is 4.29. The van der Waals surface area contributed by atoms with Crippen LogP contribution in [0.15, 0.2) is 0 Å². The van der Waals surface area contributed by atoms with Crippen molar-refractivity contribution in [2.75, 3.05) is 13.6 Å². The average Bonchev–Trinajstić information content (AvgIpc) is 2.14. The molecule has 7 heteroatoms. The molecular weight excluding hydrogens is 226 g/mol. The monoisotopic (exact) mass is 245 g/mol. The van der Waals surface area contributed by atoms with Crippen LogP contribution in [0.5, 0.6) is 0 Å². The maximum absolute atomic E-state index is 11.5. The molecule has 4 N–H and O–H groups in total. The van der Waals surface area contributed by atoms with Crippen LogP contribution in [0.3, 0.4) is 0 Å². The number of carboxylic acids is 1. The van der Waals surface area contributed by atoms with Crippen molar-refractivity contribution in [1.82, 2.24) is 10.2 Å². The van der Waals surface area contributed by atoms with E-state index in [4.69, 9.17) is 10.8 Å². The van der Waals surface area contributed by atoms with Gasteiger partial charge < -0.3 is 21.1 Å². The number of amides is 3. The van der Waals surface area contributed by atoms with Crippen molar-refractivity contribution in [3.8, 4) is 0 Å². The smallest absolute Gasteiger partial charge is 0.326 e. The highest BCUT2D eigenvalue weighted by molar-refractivity contribution is 5.85. The van der Waals surface area contributed by atoms with Gasteiger partial charge in [0.1, 0.15) is 12.6 Å². The summed E-state index contributed by atoms with van der Waals surface area (Å²) in [7, 11) is 1.37. The van der Waals surface area contributed by atoms with E-state index in [0.29, 0.717) is 6.42 Å². The highest BCUT2D eigenvalue weighted by Gasteiger charge is 2.22. The number of likely N-dealkylation sites (N-methyl/N-ethyl adjacent to an activating group) is 1. The van der Waals surface area contributed by atoms with E-state index in [1.807, 2.05) is 13.8 Å². The first-order valence-corrected chi connectivity index (χ1v) is 5.26. The van der Waals surface area contributed by atoms with Crippen LogP contribution in [0, 0.1) is 5.92 Å². The first-order chi connectivity index (χ1) is 7.73. The first-order valence-electron chi connectivity index (χ1n) is 5.26. The van der Waals surface area contributed by atoms with Gasteiger partial charge in [0.05, 0.1) is 0 Å². The van der Waals surface area contributed by atoms with Gasteiger partial charge in [0.2, 0.25) is 5.91 Å². The zero-order chi connectivity index (χ0) is 13.6. The molecule has 1 unspecified atom stereocenters. The minimum Gasteiger partial charge on any atom is -0.480 e. The third kappa shape index (κ3) is 6.39. The van der Waals surface area contributed by atoms with E-state index in [0.717, 1.165) is 4.90 Å². The lowest BCUT2D eigenvalue weighted by atomic mass is 10.0. The van der Waals surface area contributed by atoms with E-state index in [1.54, 1.807) is 0 Å². The third-order valence-electron chi connectivity index (χ3n) is 2.04. The van der Waals surface area contributed by atoms with Gasteiger partial charge >= 0.3 is 12.0 Å². The molecule has 0 bridgehead atoms. The van der Waals surface area contributed by atoms with E-state index < -0.39 is 23.9 Å². The summed E-state index contributed by atoms with van der Waals surface area (Å²) in [6, 6.07) is -1.59. The maximum Gasteiger partial charge on any atom is 0.326 e. The minimum atomic E-state index is -1.10. The molecule has 1 atom stereocenters. The maximum atomic E-state index is 11.5. The van der Waals surface area contributed by atoms with Crippen LogP contribution >= 0.6 is 0 Å². The number of hydrogen-bond acceptors (Lipinski definition) is 3. The van der Waals surface area contributed by atoms with Gasteiger partial charge in [-0.2, -0.15) is 0 Å². The van der Waals surface area contributed by atoms with Crippen LogP contribution in [-0.2, 0) is 9.59 Å². The minimum absolute atomic E-state index is 0.137. The van der Waals surface area contributed by atoms with Gasteiger partial charge in [0, 0.05) is 7.05 Å². The lowest BCUT2D eigenvalue weighted by Crippen LogP contribution is -2.49. The normalized spacial score (nSPS) is 12.0. The molecule has 0 fully saturated rings. The average molecular weight is 245 g/mol. The SMILES string of the molecule is CC(C)CC(NC(=O)N(C)CC(N)=O)C(=O)O. The van der Waals surface area contributed by atoms with Crippen molar-refractivity contribution in [3.63, 3.8) is 0 Å². The Hall–Kier alpha value is -1.79. The Bertz CT molecular complexity index is 304. The summed E-state index contributed by atoms with van der Waals surface area (Å²) in [5.74, 6) is -1.62. The van der Waals surface area contributed by atoms with E-state index in [2.05, 4.69) is 5.32 Å². The van der Waals surface area contributed by atoms with E-state index >= 15 is 0 Å². The fourth-order valence-electron chi connectivity index (χ4n) is 1.26. The number of rotatable bonds is 6. The molecule has 17 heavy (non-hydrogen) atoms. The van der Waals surface area contributed by atoms with Gasteiger partial charge in [-0.05, 0) is 12.3 Å². The van der Waals surface area contributed by atoms with Crippen LogP contribution in [0.2, 0.25) is 0 Å². The Morgan fingerprint density at radius 2 is 1.88 bits per heavy atom. The number of nitrogens with two attached hydrogens (primary N) is 1. The summed E-state index contributed by atoms with van der Waals surface area (Å²) in [5, 5.41) is 11.2. The second kappa shape index (κ2) is 6.72. The van der Waals surface area contributed by atoms with Crippen LogP contribution in [0.1, 0.15) is 20.3 Å². The van der Waals surface area contributed by atoms with Gasteiger partial charge in [-0.3, -0.25) is 4.79 Å². The molecule has 0 saturated heterocycles. The molecule has 7 nitrogen and oxygen atoms in total. The van der Waals surface area contributed by atoms with Crippen molar-refractivity contribution in [1.29, 1.82) is 0 Å². The number of nitrogens with one attached hydrogen (secondary N) is 1. The van der Waals surface area contributed by atoms with Gasteiger partial charge in [0.15, 0.2) is 0 Å². The van der Waals surface area contributed by atoms with Crippen molar-refractivity contribution < 1.29 is 19.5 Å². The van der Waals surface area contributed by atoms with Crippen molar-refractivity contribution in [3.05, 3.63) is 0 Å². The molecule has 0 saturated carbocycles. The van der Waals surface area contributed by atoms with Crippen molar-refractivity contribution in [2.45, 2.75) is 26.3 Å². The van der Waals surface area contributed by atoms with Crippen LogP contribution in [0.25, 0.3) is 0 Å². The predicted octanol–water partition coefficient (Wildman–Crippen LogP) is -0.388. The van der Waals surface area contributed by atoms with Gasteiger partial charge in [0.25, 0.3) is 0 Å². The van der Waals surface area contributed by atoms with Crippen LogP contribution in [-0.4, -0.2) is 47.5 Å². The summed E-state index contributed by atoms with van der Waals surface area (Å²) in [6.07, 6.45) is 0.325. The van der Waals surface area contributed by atoms with Gasteiger partial charge in [-0.15, -0.1) is 0 Å². The third-order valence-corrected chi connectivity index (χ3v) is 2.04. The molecule has 0 rings (SSSR count). The summed E-state index contributed by atoms with van der Waals surface area (Å²) >= 11 is 0. The lowest BCUT2D eigenvalue weighted by molar-refractivity contribution is -0.139. The van der Waals surface area contributed by atoms with Crippen molar-refractivity contribution in [2.24, 2.45) is 11.7 Å². The Balaban J connectivity index is 4.39. The Labute approximate surface area is 100.0 Å². The van der Waals surface area contributed by atoms with Crippen LogP contribution < -0.4 is 11.1 Å². The molecule has 3 amide bonds. The molecule has 98 valence electrons. The van der Waals surface area contributed by atoms with Gasteiger partial charge in [-0.25, -0.2) is 9.59 Å².